The normalized spacial score (nSPS) is 22.0. The van der Waals surface area contributed by atoms with E-state index in [9.17, 15) is 9.59 Å². The van der Waals surface area contributed by atoms with E-state index in [2.05, 4.69) is 29.5 Å². The molecule has 1 fully saturated rings. The van der Waals surface area contributed by atoms with E-state index in [1.807, 2.05) is 0 Å². The fraction of sp³-hybridized carbons (Fsp3) is 0.667. The van der Waals surface area contributed by atoms with E-state index >= 15 is 0 Å². The summed E-state index contributed by atoms with van der Waals surface area (Å²) in [6.45, 7) is 6.62. The molecule has 0 aromatic carbocycles. The van der Waals surface area contributed by atoms with Gasteiger partial charge in [0, 0.05) is 19.6 Å². The van der Waals surface area contributed by atoms with Crippen LogP contribution in [0.25, 0.3) is 0 Å². The Labute approximate surface area is 116 Å². The van der Waals surface area contributed by atoms with Crippen LogP contribution < -0.4 is 5.32 Å². The summed E-state index contributed by atoms with van der Waals surface area (Å²) in [6.07, 6.45) is 1.34. The lowest BCUT2D eigenvalue weighted by Gasteiger charge is -2.16. The molecule has 1 aliphatic rings. The van der Waals surface area contributed by atoms with Crippen LogP contribution in [-0.2, 0) is 6.54 Å². The summed E-state index contributed by atoms with van der Waals surface area (Å²) >= 11 is 0. The molecule has 1 aromatic heterocycles. The highest BCUT2D eigenvalue weighted by molar-refractivity contribution is 5.84. The zero-order valence-electron chi connectivity index (χ0n) is 11.6. The van der Waals surface area contributed by atoms with Crippen LogP contribution in [0.5, 0.6) is 0 Å². The molecule has 2 unspecified atom stereocenters. The summed E-state index contributed by atoms with van der Waals surface area (Å²) < 4.78 is 1.40. The predicted octanol–water partition coefficient (Wildman–Crippen LogP) is 0.274. The van der Waals surface area contributed by atoms with Gasteiger partial charge in [-0.25, -0.2) is 14.3 Å². The molecule has 0 aliphatic carbocycles. The minimum Gasteiger partial charge on any atom is -0.476 e. The topological polar surface area (TPSA) is 100 Å². The van der Waals surface area contributed by atoms with E-state index in [0.29, 0.717) is 24.9 Å². The predicted molar refractivity (Wildman–Crippen MR) is 70.3 cm³/mol. The highest BCUT2D eigenvalue weighted by atomic mass is 16.4. The van der Waals surface area contributed by atoms with Gasteiger partial charge in [-0.1, -0.05) is 19.1 Å². The Morgan fingerprint density at radius 1 is 1.40 bits per heavy atom. The van der Waals surface area contributed by atoms with Gasteiger partial charge in [-0.05, 0) is 11.8 Å². The summed E-state index contributed by atoms with van der Waals surface area (Å²) in [5.41, 5.74) is -0.0986. The number of hydrogen-bond donors (Lipinski definition) is 2. The molecular formula is C12H19N5O3. The number of hydrogen-bond acceptors (Lipinski definition) is 4. The third kappa shape index (κ3) is 3.25. The van der Waals surface area contributed by atoms with Crippen molar-refractivity contribution in [3.05, 3.63) is 11.9 Å². The maximum atomic E-state index is 11.9. The Balaban J connectivity index is 1.75. The van der Waals surface area contributed by atoms with Crippen LogP contribution in [0.4, 0.5) is 4.79 Å². The van der Waals surface area contributed by atoms with Crippen LogP contribution in [0, 0.1) is 11.8 Å². The third-order valence-electron chi connectivity index (χ3n) is 3.65. The number of nitrogens with zero attached hydrogens (tertiary/aromatic N) is 4. The largest absolute Gasteiger partial charge is 0.476 e. The molecule has 0 spiro atoms. The lowest BCUT2D eigenvalue weighted by molar-refractivity contribution is 0.0690. The van der Waals surface area contributed by atoms with Crippen LogP contribution in [0.15, 0.2) is 6.20 Å². The van der Waals surface area contributed by atoms with Crippen molar-refractivity contribution in [3.8, 4) is 0 Å². The summed E-state index contributed by atoms with van der Waals surface area (Å²) in [4.78, 5) is 24.4. The molecule has 0 radical (unpaired) electrons. The number of aromatic nitrogens is 3. The molecule has 110 valence electrons. The number of carbonyl (C=O) groups is 2. The van der Waals surface area contributed by atoms with Crippen molar-refractivity contribution in [2.75, 3.05) is 19.6 Å². The number of amides is 2. The van der Waals surface area contributed by atoms with Crippen LogP contribution in [0.3, 0.4) is 0 Å². The molecule has 1 saturated heterocycles. The van der Waals surface area contributed by atoms with E-state index in [0.717, 1.165) is 13.1 Å². The Hall–Kier alpha value is -2.12. The third-order valence-corrected chi connectivity index (χ3v) is 3.65. The van der Waals surface area contributed by atoms with Crippen molar-refractivity contribution in [3.63, 3.8) is 0 Å². The van der Waals surface area contributed by atoms with Crippen molar-refractivity contribution >= 4 is 12.0 Å². The van der Waals surface area contributed by atoms with Crippen LogP contribution in [-0.4, -0.2) is 56.6 Å². The van der Waals surface area contributed by atoms with Gasteiger partial charge in [0.1, 0.15) is 0 Å². The quantitative estimate of drug-likeness (QED) is 0.825. The van der Waals surface area contributed by atoms with Gasteiger partial charge in [-0.15, -0.1) is 5.10 Å². The number of aromatic carboxylic acids is 1. The molecule has 8 heteroatoms. The first-order valence-electron chi connectivity index (χ1n) is 6.63. The molecule has 20 heavy (non-hydrogen) atoms. The fourth-order valence-electron chi connectivity index (χ4n) is 2.19. The van der Waals surface area contributed by atoms with Gasteiger partial charge < -0.3 is 15.3 Å². The number of carboxylic acid groups (broad SMARTS) is 1. The highest BCUT2D eigenvalue weighted by Gasteiger charge is 2.28. The smallest absolute Gasteiger partial charge is 0.358 e. The van der Waals surface area contributed by atoms with Gasteiger partial charge in [0.05, 0.1) is 12.7 Å². The van der Waals surface area contributed by atoms with E-state index in [1.54, 1.807) is 4.90 Å². The molecule has 2 N–H and O–H groups in total. The summed E-state index contributed by atoms with van der Waals surface area (Å²) in [5, 5.41) is 18.7. The maximum Gasteiger partial charge on any atom is 0.358 e. The Kier molecular flexibility index (Phi) is 4.21. The lowest BCUT2D eigenvalue weighted by Crippen LogP contribution is -2.40. The Morgan fingerprint density at radius 3 is 2.60 bits per heavy atom. The first-order chi connectivity index (χ1) is 9.47. The van der Waals surface area contributed by atoms with E-state index in [-0.39, 0.29) is 11.7 Å². The monoisotopic (exact) mass is 281 g/mol. The second-order valence-corrected chi connectivity index (χ2v) is 5.26. The molecule has 1 aliphatic heterocycles. The Bertz CT molecular complexity index is 491. The lowest BCUT2D eigenvalue weighted by atomic mass is 10.0. The molecule has 2 heterocycles. The summed E-state index contributed by atoms with van der Waals surface area (Å²) in [5.74, 6) is -0.0660. The molecule has 2 atom stereocenters. The number of carboxylic acids is 1. The molecule has 1 aromatic rings. The Morgan fingerprint density at radius 2 is 2.05 bits per heavy atom. The molecule has 8 nitrogen and oxygen atoms in total. The van der Waals surface area contributed by atoms with Crippen molar-refractivity contribution < 1.29 is 14.7 Å². The van der Waals surface area contributed by atoms with Crippen molar-refractivity contribution in [2.24, 2.45) is 11.8 Å². The number of rotatable bonds is 4. The maximum absolute atomic E-state index is 11.9. The fourth-order valence-corrected chi connectivity index (χ4v) is 2.19. The number of likely N-dealkylation sites (tertiary alicyclic amines) is 1. The zero-order chi connectivity index (χ0) is 14.7. The zero-order valence-corrected chi connectivity index (χ0v) is 11.6. The van der Waals surface area contributed by atoms with Crippen LogP contribution in [0.2, 0.25) is 0 Å². The second-order valence-electron chi connectivity index (χ2n) is 5.26. The van der Waals surface area contributed by atoms with Crippen molar-refractivity contribution in [2.45, 2.75) is 20.4 Å². The number of carbonyl (C=O) groups excluding carboxylic acids is 1. The molecule has 0 bridgehead atoms. The van der Waals surface area contributed by atoms with Crippen LogP contribution in [0.1, 0.15) is 24.3 Å². The average Bonchev–Trinajstić information content (AvgIpc) is 2.98. The molecule has 2 amide bonds. The van der Waals surface area contributed by atoms with Gasteiger partial charge in [0.25, 0.3) is 0 Å². The van der Waals surface area contributed by atoms with E-state index in [1.165, 1.54) is 10.9 Å². The van der Waals surface area contributed by atoms with Gasteiger partial charge in [-0.2, -0.15) is 0 Å². The van der Waals surface area contributed by atoms with Gasteiger partial charge in [-0.3, -0.25) is 0 Å². The van der Waals surface area contributed by atoms with Gasteiger partial charge in [0.15, 0.2) is 5.69 Å². The summed E-state index contributed by atoms with van der Waals surface area (Å²) in [7, 11) is 0. The van der Waals surface area contributed by atoms with Crippen LogP contribution >= 0.6 is 0 Å². The van der Waals surface area contributed by atoms with Crippen molar-refractivity contribution in [1.29, 1.82) is 0 Å². The van der Waals surface area contributed by atoms with E-state index < -0.39 is 5.97 Å². The first kappa shape index (κ1) is 14.3. The molecule has 0 saturated carbocycles. The summed E-state index contributed by atoms with van der Waals surface area (Å²) in [6, 6.07) is -0.0835. The average molecular weight is 281 g/mol. The number of nitrogens with one attached hydrogen (secondary N) is 1. The minimum atomic E-state index is -1.11. The SMILES string of the molecule is CC1CN(C(=O)NCCn2cc(C(=O)O)nn2)CC1C. The van der Waals surface area contributed by atoms with Gasteiger partial charge >= 0.3 is 12.0 Å². The second kappa shape index (κ2) is 5.89. The first-order valence-corrected chi connectivity index (χ1v) is 6.63. The molecule has 2 rings (SSSR count). The minimum absolute atomic E-state index is 0.0835. The van der Waals surface area contributed by atoms with Crippen molar-refractivity contribution in [1.82, 2.24) is 25.2 Å². The standard InChI is InChI=1S/C12H19N5O3/c1-8-5-16(6-9(8)2)12(20)13-3-4-17-7-10(11(18)19)14-15-17/h7-9H,3-6H2,1-2H3,(H,13,20)(H,18,19). The molecular weight excluding hydrogens is 262 g/mol. The number of urea groups is 1. The van der Waals surface area contributed by atoms with Gasteiger partial charge in [0.2, 0.25) is 0 Å². The highest BCUT2D eigenvalue weighted by Crippen LogP contribution is 2.21. The van der Waals surface area contributed by atoms with E-state index in [4.69, 9.17) is 5.11 Å².